The molecular weight excluding hydrogens is 364 g/mol. The minimum absolute atomic E-state index is 0.125. The number of aromatic nitrogens is 3. The fourth-order valence-electron chi connectivity index (χ4n) is 3.36. The van der Waals surface area contributed by atoms with Crippen molar-refractivity contribution in [1.82, 2.24) is 14.8 Å². The number of ether oxygens (including phenoxy) is 1. The zero-order valence-corrected chi connectivity index (χ0v) is 16.6. The van der Waals surface area contributed by atoms with E-state index in [4.69, 9.17) is 4.74 Å². The summed E-state index contributed by atoms with van der Waals surface area (Å²) in [7, 11) is 1.81. The number of pyridine rings is 1. The van der Waals surface area contributed by atoms with Gasteiger partial charge in [0.05, 0.1) is 5.39 Å². The standard InChI is InChI=1S/C23H22N4O2/c1-15-13-16(2)24-22-21(15)23(26-27(22)3)29-14-20(28)25-19-11-9-18(10-12-19)17-7-5-4-6-8-17/h4-13H,14H2,1-3H3,(H,25,28). The van der Waals surface area contributed by atoms with Gasteiger partial charge < -0.3 is 10.1 Å². The van der Waals surface area contributed by atoms with E-state index in [1.165, 1.54) is 0 Å². The number of hydrogen-bond acceptors (Lipinski definition) is 4. The van der Waals surface area contributed by atoms with Gasteiger partial charge in [-0.05, 0) is 48.7 Å². The Bertz CT molecular complexity index is 1170. The molecule has 0 aliphatic rings. The van der Waals surface area contributed by atoms with Crippen molar-refractivity contribution in [3.8, 4) is 17.0 Å². The molecule has 2 heterocycles. The molecule has 1 amide bonds. The number of hydrogen-bond donors (Lipinski definition) is 1. The number of amides is 1. The van der Waals surface area contributed by atoms with Crippen molar-refractivity contribution in [2.75, 3.05) is 11.9 Å². The fraction of sp³-hybridized carbons (Fsp3) is 0.174. The number of benzene rings is 2. The lowest BCUT2D eigenvalue weighted by Crippen LogP contribution is -2.20. The van der Waals surface area contributed by atoms with Crippen LogP contribution in [0.5, 0.6) is 5.88 Å². The second-order valence-electron chi connectivity index (χ2n) is 6.99. The Morgan fingerprint density at radius 1 is 1.03 bits per heavy atom. The first-order valence-corrected chi connectivity index (χ1v) is 9.40. The Hall–Kier alpha value is -3.67. The fourth-order valence-corrected chi connectivity index (χ4v) is 3.36. The maximum atomic E-state index is 12.3. The van der Waals surface area contributed by atoms with Crippen LogP contribution in [0.25, 0.3) is 22.2 Å². The third-order valence-electron chi connectivity index (χ3n) is 4.70. The van der Waals surface area contributed by atoms with Crippen molar-refractivity contribution in [2.45, 2.75) is 13.8 Å². The molecule has 146 valence electrons. The van der Waals surface area contributed by atoms with Crippen LogP contribution in [0.2, 0.25) is 0 Å². The summed E-state index contributed by atoms with van der Waals surface area (Å²) in [6, 6.07) is 19.8. The minimum atomic E-state index is -0.242. The average molecular weight is 386 g/mol. The molecule has 1 N–H and O–H groups in total. The molecule has 0 bridgehead atoms. The van der Waals surface area contributed by atoms with E-state index in [-0.39, 0.29) is 12.5 Å². The van der Waals surface area contributed by atoms with Gasteiger partial charge in [0.1, 0.15) is 0 Å². The molecule has 0 saturated carbocycles. The van der Waals surface area contributed by atoms with Crippen molar-refractivity contribution in [2.24, 2.45) is 7.05 Å². The van der Waals surface area contributed by atoms with Crippen LogP contribution >= 0.6 is 0 Å². The Kier molecular flexibility index (Phi) is 4.99. The number of rotatable bonds is 5. The molecule has 0 aliphatic carbocycles. The van der Waals surface area contributed by atoms with Crippen LogP contribution in [0.3, 0.4) is 0 Å². The number of aryl methyl sites for hydroxylation is 3. The van der Waals surface area contributed by atoms with Crippen LogP contribution in [0.15, 0.2) is 60.7 Å². The van der Waals surface area contributed by atoms with Crippen LogP contribution in [0.1, 0.15) is 11.3 Å². The van der Waals surface area contributed by atoms with Crippen molar-refractivity contribution in [1.29, 1.82) is 0 Å². The van der Waals surface area contributed by atoms with E-state index in [2.05, 4.69) is 27.5 Å². The molecule has 0 aliphatic heterocycles. The van der Waals surface area contributed by atoms with E-state index in [9.17, 15) is 4.79 Å². The molecule has 0 saturated heterocycles. The molecule has 0 fully saturated rings. The highest BCUT2D eigenvalue weighted by molar-refractivity contribution is 5.92. The largest absolute Gasteiger partial charge is 0.466 e. The van der Waals surface area contributed by atoms with Gasteiger partial charge in [0, 0.05) is 18.4 Å². The average Bonchev–Trinajstić information content (AvgIpc) is 3.03. The summed E-state index contributed by atoms with van der Waals surface area (Å²) in [6.07, 6.45) is 0. The van der Waals surface area contributed by atoms with E-state index in [1.807, 2.05) is 69.4 Å². The summed E-state index contributed by atoms with van der Waals surface area (Å²) in [5.41, 5.74) is 5.63. The summed E-state index contributed by atoms with van der Waals surface area (Å²) in [5, 5.41) is 8.05. The van der Waals surface area contributed by atoms with E-state index in [1.54, 1.807) is 4.68 Å². The molecule has 6 heteroatoms. The minimum Gasteiger partial charge on any atom is -0.466 e. The Balaban J connectivity index is 1.43. The van der Waals surface area contributed by atoms with E-state index >= 15 is 0 Å². The molecule has 2 aromatic carbocycles. The molecule has 4 rings (SSSR count). The summed E-state index contributed by atoms with van der Waals surface area (Å²) in [6.45, 7) is 3.80. The van der Waals surface area contributed by atoms with Gasteiger partial charge in [-0.25, -0.2) is 9.67 Å². The van der Waals surface area contributed by atoms with Gasteiger partial charge in [0.15, 0.2) is 12.3 Å². The molecule has 29 heavy (non-hydrogen) atoms. The lowest BCUT2D eigenvalue weighted by Gasteiger charge is -2.08. The number of nitrogens with zero attached hydrogens (tertiary/aromatic N) is 3. The predicted octanol–water partition coefficient (Wildman–Crippen LogP) is 4.27. The predicted molar refractivity (Wildman–Crippen MR) is 114 cm³/mol. The number of fused-ring (bicyclic) bond motifs is 1. The van der Waals surface area contributed by atoms with Gasteiger partial charge in [-0.3, -0.25) is 4.79 Å². The molecule has 0 radical (unpaired) electrons. The zero-order chi connectivity index (χ0) is 20.4. The highest BCUT2D eigenvalue weighted by Crippen LogP contribution is 2.27. The first-order chi connectivity index (χ1) is 14.0. The maximum Gasteiger partial charge on any atom is 0.262 e. The normalized spacial score (nSPS) is 10.9. The third kappa shape index (κ3) is 3.96. The van der Waals surface area contributed by atoms with Crippen molar-refractivity contribution in [3.63, 3.8) is 0 Å². The van der Waals surface area contributed by atoms with Crippen molar-refractivity contribution in [3.05, 3.63) is 71.9 Å². The second-order valence-corrected chi connectivity index (χ2v) is 6.99. The smallest absolute Gasteiger partial charge is 0.262 e. The van der Waals surface area contributed by atoms with E-state index in [0.29, 0.717) is 5.88 Å². The van der Waals surface area contributed by atoms with Crippen LogP contribution < -0.4 is 10.1 Å². The van der Waals surface area contributed by atoms with E-state index < -0.39 is 0 Å². The monoisotopic (exact) mass is 386 g/mol. The van der Waals surface area contributed by atoms with Crippen LogP contribution in [-0.4, -0.2) is 27.3 Å². The summed E-state index contributed by atoms with van der Waals surface area (Å²) in [4.78, 5) is 16.8. The van der Waals surface area contributed by atoms with Crippen LogP contribution in [0, 0.1) is 13.8 Å². The first-order valence-electron chi connectivity index (χ1n) is 9.40. The Labute approximate surface area is 169 Å². The SMILES string of the molecule is Cc1cc(C)c2c(OCC(=O)Nc3ccc(-c4ccccc4)cc3)nn(C)c2n1. The van der Waals surface area contributed by atoms with Crippen molar-refractivity contribution < 1.29 is 9.53 Å². The summed E-state index contributed by atoms with van der Waals surface area (Å²) in [5.74, 6) is 0.177. The molecule has 0 atom stereocenters. The third-order valence-corrected chi connectivity index (χ3v) is 4.70. The molecule has 0 spiro atoms. The topological polar surface area (TPSA) is 69.0 Å². The van der Waals surface area contributed by atoms with Gasteiger partial charge in [0.25, 0.3) is 5.91 Å². The van der Waals surface area contributed by atoms with Gasteiger partial charge >= 0.3 is 0 Å². The number of anilines is 1. The molecule has 4 aromatic rings. The Morgan fingerprint density at radius 3 is 2.45 bits per heavy atom. The highest BCUT2D eigenvalue weighted by Gasteiger charge is 2.15. The van der Waals surface area contributed by atoms with Crippen molar-refractivity contribution >= 4 is 22.6 Å². The van der Waals surface area contributed by atoms with Gasteiger partial charge in [0.2, 0.25) is 5.88 Å². The zero-order valence-electron chi connectivity index (χ0n) is 16.6. The second kappa shape index (κ2) is 7.75. The van der Waals surface area contributed by atoms with Gasteiger partial charge in [-0.15, -0.1) is 5.10 Å². The molecule has 6 nitrogen and oxygen atoms in total. The number of carbonyl (C=O) groups is 1. The quantitative estimate of drug-likeness (QED) is 0.556. The maximum absolute atomic E-state index is 12.3. The number of carbonyl (C=O) groups excluding carboxylic acids is 1. The van der Waals surface area contributed by atoms with Crippen LogP contribution in [0.4, 0.5) is 5.69 Å². The number of nitrogens with one attached hydrogen (secondary N) is 1. The Morgan fingerprint density at radius 2 is 1.72 bits per heavy atom. The van der Waals surface area contributed by atoms with Crippen LogP contribution in [-0.2, 0) is 11.8 Å². The lowest BCUT2D eigenvalue weighted by atomic mass is 10.1. The van der Waals surface area contributed by atoms with Gasteiger partial charge in [-0.1, -0.05) is 42.5 Å². The van der Waals surface area contributed by atoms with Gasteiger partial charge in [-0.2, -0.15) is 0 Å². The lowest BCUT2D eigenvalue weighted by molar-refractivity contribution is -0.118. The van der Waals surface area contributed by atoms with E-state index in [0.717, 1.165) is 39.1 Å². The first kappa shape index (κ1) is 18.7. The summed E-state index contributed by atoms with van der Waals surface area (Å²) < 4.78 is 7.38. The molecular formula is C23H22N4O2. The highest BCUT2D eigenvalue weighted by atomic mass is 16.5. The summed E-state index contributed by atoms with van der Waals surface area (Å²) >= 11 is 0. The molecule has 2 aromatic heterocycles. The molecule has 0 unspecified atom stereocenters.